The molecule has 0 aromatic heterocycles. The Kier molecular flexibility index (Phi) is 7.28. The number of benzene rings is 1. The van der Waals surface area contributed by atoms with Gasteiger partial charge in [0.25, 0.3) is 0 Å². The molecule has 0 aliphatic rings. The molecular weight excluding hydrogens is 367 g/mol. The number of anilines is 1. The lowest BCUT2D eigenvalue weighted by molar-refractivity contribution is 0.553. The van der Waals surface area contributed by atoms with Crippen molar-refractivity contribution in [3.63, 3.8) is 0 Å². The zero-order chi connectivity index (χ0) is 15.2. The summed E-state index contributed by atoms with van der Waals surface area (Å²) in [6, 6.07) is 2.18. The van der Waals surface area contributed by atoms with E-state index in [0.29, 0.717) is 11.0 Å². The SMILES string of the molecule is CSCCCCCNS(=O)(=O)c1cc(N)c(Br)cc1F. The molecule has 4 nitrogen and oxygen atoms in total. The van der Waals surface area contributed by atoms with Crippen molar-refractivity contribution in [3.05, 3.63) is 22.4 Å². The van der Waals surface area contributed by atoms with Gasteiger partial charge in [0.05, 0.1) is 0 Å². The van der Waals surface area contributed by atoms with Crippen molar-refractivity contribution >= 4 is 43.4 Å². The summed E-state index contributed by atoms with van der Waals surface area (Å²) in [6.45, 7) is 0.298. The van der Waals surface area contributed by atoms with Gasteiger partial charge in [-0.15, -0.1) is 0 Å². The monoisotopic (exact) mass is 384 g/mol. The molecule has 0 spiro atoms. The Bertz CT molecular complexity index is 553. The van der Waals surface area contributed by atoms with Crippen LogP contribution < -0.4 is 10.5 Å². The van der Waals surface area contributed by atoms with Crippen LogP contribution >= 0.6 is 27.7 Å². The van der Waals surface area contributed by atoms with E-state index in [-0.39, 0.29) is 5.69 Å². The summed E-state index contributed by atoms with van der Waals surface area (Å²) in [4.78, 5) is -0.415. The van der Waals surface area contributed by atoms with E-state index in [2.05, 4.69) is 20.7 Å². The first-order valence-corrected chi connectivity index (χ1v) is 9.78. The number of thioether (sulfide) groups is 1. The predicted octanol–water partition coefficient (Wildman–Crippen LogP) is 2.98. The Labute approximate surface area is 131 Å². The summed E-state index contributed by atoms with van der Waals surface area (Å²) < 4.78 is 40.4. The summed E-state index contributed by atoms with van der Waals surface area (Å²) in [5.74, 6) is 0.242. The van der Waals surface area contributed by atoms with Gasteiger partial charge in [0.15, 0.2) is 0 Å². The molecule has 0 aliphatic carbocycles. The molecule has 1 aromatic carbocycles. The molecule has 0 unspecified atom stereocenters. The third kappa shape index (κ3) is 5.23. The van der Waals surface area contributed by atoms with Crippen LogP contribution in [-0.2, 0) is 10.0 Å². The van der Waals surface area contributed by atoms with Crippen molar-refractivity contribution in [2.75, 3.05) is 24.3 Å². The third-order valence-electron chi connectivity index (χ3n) is 2.66. The second kappa shape index (κ2) is 8.21. The van der Waals surface area contributed by atoms with E-state index in [9.17, 15) is 12.8 Å². The molecule has 0 bridgehead atoms. The molecule has 114 valence electrons. The van der Waals surface area contributed by atoms with Crippen LogP contribution in [0.5, 0.6) is 0 Å². The first kappa shape index (κ1) is 17.7. The molecule has 0 fully saturated rings. The minimum Gasteiger partial charge on any atom is -0.398 e. The number of sulfonamides is 1. The van der Waals surface area contributed by atoms with Crippen LogP contribution in [0.3, 0.4) is 0 Å². The standard InChI is InChI=1S/C12H18BrFN2O2S2/c1-19-6-4-2-3-5-16-20(17,18)12-8-11(15)9(13)7-10(12)14/h7-8,16H,2-6,15H2,1H3. The number of nitrogens with one attached hydrogen (secondary N) is 1. The van der Waals surface area contributed by atoms with Crippen LogP contribution in [0.1, 0.15) is 19.3 Å². The van der Waals surface area contributed by atoms with E-state index in [1.165, 1.54) is 0 Å². The van der Waals surface area contributed by atoms with Gasteiger partial charge in [-0.1, -0.05) is 6.42 Å². The van der Waals surface area contributed by atoms with E-state index >= 15 is 0 Å². The van der Waals surface area contributed by atoms with Gasteiger partial charge in [-0.05, 0) is 52.9 Å². The lowest BCUT2D eigenvalue weighted by Crippen LogP contribution is -2.25. The molecule has 0 atom stereocenters. The molecule has 1 rings (SSSR count). The van der Waals surface area contributed by atoms with E-state index in [1.54, 1.807) is 11.8 Å². The first-order chi connectivity index (χ1) is 9.38. The summed E-state index contributed by atoms with van der Waals surface area (Å²) in [5.41, 5.74) is 5.77. The fraction of sp³-hybridized carbons (Fsp3) is 0.500. The van der Waals surface area contributed by atoms with Crippen molar-refractivity contribution in [2.24, 2.45) is 0 Å². The van der Waals surface area contributed by atoms with Gasteiger partial charge in [-0.2, -0.15) is 11.8 Å². The molecule has 0 radical (unpaired) electrons. The van der Waals surface area contributed by atoms with Crippen LogP contribution in [-0.4, -0.2) is 27.0 Å². The summed E-state index contributed by atoms with van der Waals surface area (Å²) in [7, 11) is -3.85. The lowest BCUT2D eigenvalue weighted by Gasteiger charge is -2.09. The average Bonchev–Trinajstić information content (AvgIpc) is 2.37. The van der Waals surface area contributed by atoms with Crippen LogP contribution in [0.25, 0.3) is 0 Å². The van der Waals surface area contributed by atoms with Crippen molar-refractivity contribution in [1.29, 1.82) is 0 Å². The van der Waals surface area contributed by atoms with E-state index in [4.69, 9.17) is 5.73 Å². The molecule has 0 saturated carbocycles. The molecule has 1 aromatic rings. The van der Waals surface area contributed by atoms with Crippen LogP contribution in [0.15, 0.2) is 21.5 Å². The van der Waals surface area contributed by atoms with E-state index < -0.39 is 20.7 Å². The lowest BCUT2D eigenvalue weighted by atomic mass is 10.2. The Morgan fingerprint density at radius 1 is 1.35 bits per heavy atom. The topological polar surface area (TPSA) is 72.2 Å². The van der Waals surface area contributed by atoms with Gasteiger partial charge >= 0.3 is 0 Å². The van der Waals surface area contributed by atoms with Crippen LogP contribution in [0.4, 0.5) is 10.1 Å². The van der Waals surface area contributed by atoms with Gasteiger partial charge in [-0.25, -0.2) is 17.5 Å². The van der Waals surface area contributed by atoms with E-state index in [1.807, 2.05) is 6.26 Å². The van der Waals surface area contributed by atoms with E-state index in [0.717, 1.165) is 37.1 Å². The van der Waals surface area contributed by atoms with Crippen LogP contribution in [0.2, 0.25) is 0 Å². The molecule has 0 heterocycles. The molecular formula is C12H18BrFN2O2S2. The molecule has 0 saturated heterocycles. The second-order valence-corrected chi connectivity index (χ2v) is 7.83. The van der Waals surface area contributed by atoms with Crippen molar-refractivity contribution < 1.29 is 12.8 Å². The molecule has 0 aliphatic heterocycles. The molecule has 8 heteroatoms. The van der Waals surface area contributed by atoms with Crippen molar-refractivity contribution in [3.8, 4) is 0 Å². The Morgan fingerprint density at radius 3 is 2.70 bits per heavy atom. The van der Waals surface area contributed by atoms with Gasteiger partial charge < -0.3 is 5.73 Å². The highest BCUT2D eigenvalue weighted by Crippen LogP contribution is 2.25. The second-order valence-electron chi connectivity index (χ2n) is 4.26. The third-order valence-corrected chi connectivity index (χ3v) is 5.52. The van der Waals surface area contributed by atoms with Gasteiger partial charge in [0, 0.05) is 16.7 Å². The fourth-order valence-electron chi connectivity index (χ4n) is 1.58. The molecule has 20 heavy (non-hydrogen) atoms. The van der Waals surface area contributed by atoms with Crippen molar-refractivity contribution in [2.45, 2.75) is 24.2 Å². The van der Waals surface area contributed by atoms with Crippen molar-refractivity contribution in [1.82, 2.24) is 4.72 Å². The Morgan fingerprint density at radius 2 is 2.05 bits per heavy atom. The number of halogens is 2. The summed E-state index contributed by atoms with van der Waals surface area (Å²) >= 11 is 4.81. The number of nitrogens with two attached hydrogens (primary N) is 1. The highest BCUT2D eigenvalue weighted by atomic mass is 79.9. The summed E-state index contributed by atoms with van der Waals surface area (Å²) in [6.07, 6.45) is 4.74. The molecule has 0 amide bonds. The predicted molar refractivity (Wildman–Crippen MR) is 85.9 cm³/mol. The number of rotatable bonds is 8. The number of nitrogen functional groups attached to an aromatic ring is 1. The smallest absolute Gasteiger partial charge is 0.243 e. The maximum atomic E-state index is 13.7. The minimum atomic E-state index is -3.85. The number of unbranched alkanes of at least 4 members (excludes halogenated alkanes) is 2. The zero-order valence-corrected chi connectivity index (χ0v) is 14.4. The largest absolute Gasteiger partial charge is 0.398 e. The highest BCUT2D eigenvalue weighted by molar-refractivity contribution is 9.10. The van der Waals surface area contributed by atoms with Gasteiger partial charge in [0.2, 0.25) is 10.0 Å². The average molecular weight is 385 g/mol. The van der Waals surface area contributed by atoms with Gasteiger partial charge in [0.1, 0.15) is 10.7 Å². The highest BCUT2D eigenvalue weighted by Gasteiger charge is 2.20. The maximum Gasteiger partial charge on any atom is 0.243 e. The number of hydrogen-bond donors (Lipinski definition) is 2. The normalized spacial score (nSPS) is 11.8. The molecule has 3 N–H and O–H groups in total. The summed E-state index contributed by atoms with van der Waals surface area (Å²) in [5, 5.41) is 0. The minimum absolute atomic E-state index is 0.187. The number of hydrogen-bond acceptors (Lipinski definition) is 4. The fourth-order valence-corrected chi connectivity index (χ4v) is 3.56. The Hall–Kier alpha value is -0.310. The maximum absolute atomic E-state index is 13.7. The van der Waals surface area contributed by atoms with Gasteiger partial charge in [-0.3, -0.25) is 0 Å². The quantitative estimate of drug-likeness (QED) is 0.533. The Balaban J connectivity index is 2.63. The zero-order valence-electron chi connectivity index (χ0n) is 11.2. The van der Waals surface area contributed by atoms with Crippen LogP contribution in [0, 0.1) is 5.82 Å². The first-order valence-electron chi connectivity index (χ1n) is 6.11.